The van der Waals surface area contributed by atoms with Crippen molar-refractivity contribution in [3.8, 4) is 6.07 Å². The Kier molecular flexibility index (Phi) is 3.04. The van der Waals surface area contributed by atoms with E-state index in [1.165, 1.54) is 11.3 Å². The molecule has 13 heavy (non-hydrogen) atoms. The second kappa shape index (κ2) is 4.06. The highest BCUT2D eigenvalue weighted by Gasteiger charge is 2.12. The normalized spacial score (nSPS) is 9.69. The molecule has 68 valence electrons. The van der Waals surface area contributed by atoms with Gasteiger partial charge in [0, 0.05) is 6.04 Å². The topological polar surface area (TPSA) is 52.9 Å². The van der Waals surface area contributed by atoms with Crippen LogP contribution >= 0.6 is 11.3 Å². The van der Waals surface area contributed by atoms with Crippen LogP contribution in [0, 0.1) is 11.3 Å². The molecule has 1 amide bonds. The second-order valence-electron chi connectivity index (χ2n) is 2.90. The summed E-state index contributed by atoms with van der Waals surface area (Å²) in [5, 5.41) is 13.2. The molecular weight excluding hydrogens is 184 g/mol. The highest BCUT2D eigenvalue weighted by atomic mass is 32.1. The Bertz CT molecular complexity index is 349. The first-order valence-electron chi connectivity index (χ1n) is 3.93. The summed E-state index contributed by atoms with van der Waals surface area (Å²) in [5.41, 5.74) is 0.447. The average molecular weight is 194 g/mol. The van der Waals surface area contributed by atoms with Crippen LogP contribution in [0.25, 0.3) is 0 Å². The fourth-order valence-corrected chi connectivity index (χ4v) is 1.65. The molecule has 0 radical (unpaired) electrons. The summed E-state index contributed by atoms with van der Waals surface area (Å²) in [6, 6.07) is 3.73. The maximum Gasteiger partial charge on any atom is 0.262 e. The lowest BCUT2D eigenvalue weighted by molar-refractivity contribution is 0.0947. The largest absolute Gasteiger partial charge is 0.349 e. The van der Waals surface area contributed by atoms with Crippen LogP contribution in [-0.4, -0.2) is 11.9 Å². The summed E-state index contributed by atoms with van der Waals surface area (Å²) >= 11 is 1.29. The monoisotopic (exact) mass is 194 g/mol. The summed E-state index contributed by atoms with van der Waals surface area (Å²) in [6.07, 6.45) is 0. The Balaban J connectivity index is 2.84. The summed E-state index contributed by atoms with van der Waals surface area (Å²) in [6.45, 7) is 3.77. The van der Waals surface area contributed by atoms with Gasteiger partial charge in [-0.25, -0.2) is 0 Å². The molecule has 0 fully saturated rings. The van der Waals surface area contributed by atoms with Gasteiger partial charge < -0.3 is 5.32 Å². The minimum atomic E-state index is -0.165. The van der Waals surface area contributed by atoms with Gasteiger partial charge >= 0.3 is 0 Å². The maximum atomic E-state index is 11.4. The standard InChI is InChI=1S/C9H10N2OS/c1-6(2)11-9(12)8-7(5-10)3-4-13-8/h3-4,6H,1-2H3,(H,11,12). The van der Waals surface area contributed by atoms with Crippen LogP contribution in [0.5, 0.6) is 0 Å². The summed E-state index contributed by atoms with van der Waals surface area (Å²) < 4.78 is 0. The lowest BCUT2D eigenvalue weighted by Crippen LogP contribution is -2.29. The zero-order valence-corrected chi connectivity index (χ0v) is 8.31. The second-order valence-corrected chi connectivity index (χ2v) is 3.82. The zero-order valence-electron chi connectivity index (χ0n) is 7.50. The molecule has 0 bridgehead atoms. The van der Waals surface area contributed by atoms with Gasteiger partial charge in [-0.1, -0.05) is 0 Å². The van der Waals surface area contributed by atoms with Crippen LogP contribution < -0.4 is 5.32 Å². The van der Waals surface area contributed by atoms with E-state index >= 15 is 0 Å². The van der Waals surface area contributed by atoms with Crippen LogP contribution in [0.3, 0.4) is 0 Å². The van der Waals surface area contributed by atoms with Crippen molar-refractivity contribution < 1.29 is 4.79 Å². The molecule has 1 rings (SSSR count). The lowest BCUT2D eigenvalue weighted by atomic mass is 10.2. The number of hydrogen-bond acceptors (Lipinski definition) is 3. The third-order valence-electron chi connectivity index (χ3n) is 1.41. The van der Waals surface area contributed by atoms with Gasteiger partial charge in [0.25, 0.3) is 5.91 Å². The first-order valence-corrected chi connectivity index (χ1v) is 4.81. The van der Waals surface area contributed by atoms with Crippen molar-refractivity contribution in [3.63, 3.8) is 0 Å². The SMILES string of the molecule is CC(C)NC(=O)c1sccc1C#N. The first-order chi connectivity index (χ1) is 6.15. The maximum absolute atomic E-state index is 11.4. The highest BCUT2D eigenvalue weighted by Crippen LogP contribution is 2.15. The van der Waals surface area contributed by atoms with Crippen LogP contribution in [0.2, 0.25) is 0 Å². The van der Waals surface area contributed by atoms with Crippen LogP contribution in [0.4, 0.5) is 0 Å². The number of nitriles is 1. The van der Waals surface area contributed by atoms with Crippen molar-refractivity contribution in [2.24, 2.45) is 0 Å². The molecule has 0 unspecified atom stereocenters. The van der Waals surface area contributed by atoms with Gasteiger partial charge in [-0.15, -0.1) is 11.3 Å². The molecule has 1 aromatic heterocycles. The highest BCUT2D eigenvalue weighted by molar-refractivity contribution is 7.12. The van der Waals surface area contributed by atoms with Gasteiger partial charge in [0.2, 0.25) is 0 Å². The van der Waals surface area contributed by atoms with Crippen LogP contribution in [0.15, 0.2) is 11.4 Å². The molecular formula is C9H10N2OS. The van der Waals surface area contributed by atoms with Gasteiger partial charge in [0.1, 0.15) is 10.9 Å². The van der Waals surface area contributed by atoms with Crippen LogP contribution in [0.1, 0.15) is 29.1 Å². The fourth-order valence-electron chi connectivity index (χ4n) is 0.901. The van der Waals surface area contributed by atoms with E-state index in [4.69, 9.17) is 5.26 Å². The third-order valence-corrected chi connectivity index (χ3v) is 2.32. The minimum absolute atomic E-state index is 0.0983. The number of nitrogens with zero attached hydrogens (tertiary/aromatic N) is 1. The summed E-state index contributed by atoms with van der Waals surface area (Å²) in [7, 11) is 0. The molecule has 0 aliphatic rings. The molecule has 1 aromatic rings. The van der Waals surface area contributed by atoms with E-state index in [1.54, 1.807) is 11.4 Å². The molecule has 0 atom stereocenters. The molecule has 1 N–H and O–H groups in total. The Morgan fingerprint density at radius 2 is 2.38 bits per heavy atom. The number of amides is 1. The predicted molar refractivity (Wildman–Crippen MR) is 51.6 cm³/mol. The van der Waals surface area contributed by atoms with E-state index in [2.05, 4.69) is 5.32 Å². The lowest BCUT2D eigenvalue weighted by Gasteiger charge is -2.06. The van der Waals surface area contributed by atoms with Gasteiger partial charge in [0.05, 0.1) is 5.56 Å². The van der Waals surface area contributed by atoms with Crippen molar-refractivity contribution in [3.05, 3.63) is 21.9 Å². The Labute approximate surface area is 81.0 Å². The summed E-state index contributed by atoms with van der Waals surface area (Å²) in [5.74, 6) is -0.165. The van der Waals surface area contributed by atoms with E-state index < -0.39 is 0 Å². The van der Waals surface area contributed by atoms with Gasteiger partial charge in [0.15, 0.2) is 0 Å². The number of nitrogens with one attached hydrogen (secondary N) is 1. The van der Waals surface area contributed by atoms with Gasteiger partial charge in [-0.2, -0.15) is 5.26 Å². The number of thiophene rings is 1. The van der Waals surface area contributed by atoms with Gasteiger partial charge in [-0.05, 0) is 25.3 Å². The first kappa shape index (κ1) is 9.75. The zero-order chi connectivity index (χ0) is 9.84. The smallest absolute Gasteiger partial charge is 0.262 e. The quantitative estimate of drug-likeness (QED) is 0.779. The number of carbonyl (C=O) groups is 1. The van der Waals surface area contributed by atoms with Crippen molar-refractivity contribution in [1.82, 2.24) is 5.32 Å². The number of rotatable bonds is 2. The molecule has 3 nitrogen and oxygen atoms in total. The average Bonchev–Trinajstić information content (AvgIpc) is 2.49. The van der Waals surface area contributed by atoms with Crippen LogP contribution in [-0.2, 0) is 0 Å². The van der Waals surface area contributed by atoms with E-state index in [1.807, 2.05) is 19.9 Å². The van der Waals surface area contributed by atoms with E-state index in [9.17, 15) is 4.79 Å². The van der Waals surface area contributed by atoms with E-state index in [-0.39, 0.29) is 11.9 Å². The Hall–Kier alpha value is -1.34. The van der Waals surface area contributed by atoms with E-state index in [0.717, 1.165) is 0 Å². The van der Waals surface area contributed by atoms with Gasteiger partial charge in [-0.3, -0.25) is 4.79 Å². The molecule has 0 saturated carbocycles. The van der Waals surface area contributed by atoms with Crippen molar-refractivity contribution in [1.29, 1.82) is 5.26 Å². The molecule has 0 aromatic carbocycles. The Morgan fingerprint density at radius 3 is 2.92 bits per heavy atom. The molecule has 0 spiro atoms. The third kappa shape index (κ3) is 2.30. The van der Waals surface area contributed by atoms with E-state index in [0.29, 0.717) is 10.4 Å². The Morgan fingerprint density at radius 1 is 1.69 bits per heavy atom. The van der Waals surface area contributed by atoms with Crippen molar-refractivity contribution in [2.45, 2.75) is 19.9 Å². The van der Waals surface area contributed by atoms with Crippen molar-refractivity contribution >= 4 is 17.2 Å². The molecule has 0 saturated heterocycles. The fraction of sp³-hybridized carbons (Fsp3) is 0.333. The van der Waals surface area contributed by atoms with Crippen molar-refractivity contribution in [2.75, 3.05) is 0 Å². The summed E-state index contributed by atoms with van der Waals surface area (Å²) in [4.78, 5) is 11.9. The molecule has 1 heterocycles. The number of carbonyl (C=O) groups excluding carboxylic acids is 1. The number of hydrogen-bond donors (Lipinski definition) is 1. The molecule has 0 aliphatic carbocycles. The molecule has 0 aliphatic heterocycles. The predicted octanol–water partition coefficient (Wildman–Crippen LogP) is 1.76. The minimum Gasteiger partial charge on any atom is -0.349 e. The molecule has 4 heteroatoms.